The Kier molecular flexibility index (Phi) is 5.44. The molecular formula is C13H24N2O3. The molecule has 5 heteroatoms. The molecule has 1 aliphatic heterocycles. The van der Waals surface area contributed by atoms with E-state index in [1.54, 1.807) is 4.90 Å². The smallest absolute Gasteiger partial charge is 0.317 e. The highest BCUT2D eigenvalue weighted by Gasteiger charge is 2.32. The normalized spacial score (nSPS) is 17.4. The van der Waals surface area contributed by atoms with Gasteiger partial charge in [0.15, 0.2) is 0 Å². The molecule has 5 nitrogen and oxygen atoms in total. The van der Waals surface area contributed by atoms with Crippen LogP contribution < -0.4 is 5.32 Å². The van der Waals surface area contributed by atoms with Crippen LogP contribution in [0, 0.1) is 11.8 Å². The average Bonchev–Trinajstić information content (AvgIpc) is 2.23. The van der Waals surface area contributed by atoms with Crippen molar-refractivity contribution in [3.63, 3.8) is 0 Å². The molecule has 1 unspecified atom stereocenters. The Balaban J connectivity index is 2.29. The fraction of sp³-hybridized carbons (Fsp3) is 0.846. The predicted molar refractivity (Wildman–Crippen MR) is 69.4 cm³/mol. The summed E-state index contributed by atoms with van der Waals surface area (Å²) in [6.07, 6.45) is 2.27. The Morgan fingerprint density at radius 2 is 1.89 bits per heavy atom. The number of hydrogen-bond acceptors (Lipinski definition) is 2. The highest BCUT2D eigenvalue weighted by atomic mass is 16.4. The number of carboxylic acid groups (broad SMARTS) is 1. The van der Waals surface area contributed by atoms with E-state index in [4.69, 9.17) is 5.11 Å². The zero-order chi connectivity index (χ0) is 13.7. The number of aliphatic carboxylic acids is 1. The van der Waals surface area contributed by atoms with E-state index in [2.05, 4.69) is 19.2 Å². The Labute approximate surface area is 109 Å². The van der Waals surface area contributed by atoms with Gasteiger partial charge < -0.3 is 15.3 Å². The van der Waals surface area contributed by atoms with Crippen LogP contribution in [0.3, 0.4) is 0 Å². The molecule has 0 aromatic rings. The van der Waals surface area contributed by atoms with Crippen molar-refractivity contribution in [1.29, 1.82) is 0 Å². The summed E-state index contributed by atoms with van der Waals surface area (Å²) in [6.45, 7) is 7.41. The molecule has 0 aromatic carbocycles. The topological polar surface area (TPSA) is 69.6 Å². The average molecular weight is 256 g/mol. The van der Waals surface area contributed by atoms with Crippen molar-refractivity contribution in [2.45, 2.75) is 46.1 Å². The number of hydrogen-bond donors (Lipinski definition) is 2. The number of carbonyl (C=O) groups excluding carboxylic acids is 1. The van der Waals surface area contributed by atoms with Crippen molar-refractivity contribution in [2.24, 2.45) is 11.8 Å². The minimum atomic E-state index is -0.787. The van der Waals surface area contributed by atoms with Crippen LogP contribution in [0.2, 0.25) is 0 Å². The van der Waals surface area contributed by atoms with Crippen LogP contribution in [-0.2, 0) is 4.79 Å². The molecule has 2 amide bonds. The summed E-state index contributed by atoms with van der Waals surface area (Å²) in [6, 6.07) is 0.113. The van der Waals surface area contributed by atoms with Crippen molar-refractivity contribution < 1.29 is 14.7 Å². The third-order valence-corrected chi connectivity index (χ3v) is 3.81. The van der Waals surface area contributed by atoms with Gasteiger partial charge in [0.2, 0.25) is 0 Å². The quantitative estimate of drug-likeness (QED) is 0.763. The molecule has 0 radical (unpaired) electrons. The van der Waals surface area contributed by atoms with Gasteiger partial charge in [-0.1, -0.05) is 26.7 Å². The van der Waals surface area contributed by atoms with Gasteiger partial charge in [-0.25, -0.2) is 4.79 Å². The third-order valence-electron chi connectivity index (χ3n) is 3.81. The lowest BCUT2D eigenvalue weighted by Gasteiger charge is -2.39. The van der Waals surface area contributed by atoms with Crippen LogP contribution in [0.1, 0.15) is 40.0 Å². The van der Waals surface area contributed by atoms with Gasteiger partial charge in [0, 0.05) is 25.0 Å². The summed E-state index contributed by atoms with van der Waals surface area (Å²) in [5.41, 5.74) is 0. The number of urea groups is 1. The SMILES string of the molecule is CCC(CC)C(C)NC(=O)N1CC(CC(=O)O)C1. The Morgan fingerprint density at radius 3 is 2.33 bits per heavy atom. The fourth-order valence-corrected chi connectivity index (χ4v) is 2.51. The van der Waals surface area contributed by atoms with Crippen molar-refractivity contribution in [3.05, 3.63) is 0 Å². The lowest BCUT2D eigenvalue weighted by atomic mass is 9.95. The number of carboxylic acids is 1. The van der Waals surface area contributed by atoms with Crippen molar-refractivity contribution in [1.82, 2.24) is 10.2 Å². The van der Waals surface area contributed by atoms with Crippen molar-refractivity contribution >= 4 is 12.0 Å². The molecule has 1 rings (SSSR count). The first-order chi connectivity index (χ1) is 8.47. The summed E-state index contributed by atoms with van der Waals surface area (Å²) in [7, 11) is 0. The monoisotopic (exact) mass is 256 g/mol. The van der Waals surface area contributed by atoms with Gasteiger partial charge in [0.1, 0.15) is 0 Å². The van der Waals surface area contributed by atoms with E-state index >= 15 is 0 Å². The molecule has 1 fully saturated rings. The van der Waals surface area contributed by atoms with Gasteiger partial charge in [-0.3, -0.25) is 4.79 Å². The number of rotatable bonds is 6. The number of nitrogens with zero attached hydrogens (tertiary/aromatic N) is 1. The molecule has 1 heterocycles. The standard InChI is InChI=1S/C13H24N2O3/c1-4-11(5-2)9(3)14-13(18)15-7-10(8-15)6-12(16)17/h9-11H,4-8H2,1-3H3,(H,14,18)(H,16,17). The second-order valence-electron chi connectivity index (χ2n) is 5.18. The third kappa shape index (κ3) is 3.89. The van der Waals surface area contributed by atoms with E-state index in [1.165, 1.54) is 0 Å². The van der Waals surface area contributed by atoms with E-state index < -0.39 is 5.97 Å². The van der Waals surface area contributed by atoms with E-state index in [9.17, 15) is 9.59 Å². The molecule has 0 aliphatic carbocycles. The zero-order valence-corrected chi connectivity index (χ0v) is 11.5. The van der Waals surface area contributed by atoms with Gasteiger partial charge in [-0.2, -0.15) is 0 Å². The molecule has 104 valence electrons. The summed E-state index contributed by atoms with van der Waals surface area (Å²) < 4.78 is 0. The minimum Gasteiger partial charge on any atom is -0.481 e. The lowest BCUT2D eigenvalue weighted by molar-refractivity contribution is -0.139. The molecule has 0 aromatic heterocycles. The molecule has 0 saturated carbocycles. The van der Waals surface area contributed by atoms with Gasteiger partial charge >= 0.3 is 12.0 Å². The molecule has 1 aliphatic rings. The highest BCUT2D eigenvalue weighted by Crippen LogP contribution is 2.20. The van der Waals surface area contributed by atoms with Gasteiger partial charge in [0.05, 0.1) is 6.42 Å². The van der Waals surface area contributed by atoms with Crippen LogP contribution >= 0.6 is 0 Å². The highest BCUT2D eigenvalue weighted by molar-refractivity contribution is 5.76. The Hall–Kier alpha value is -1.26. The summed E-state index contributed by atoms with van der Waals surface area (Å²) >= 11 is 0. The Bertz CT molecular complexity index is 297. The van der Waals surface area contributed by atoms with E-state index in [1.807, 2.05) is 6.92 Å². The number of amides is 2. The lowest BCUT2D eigenvalue weighted by Crippen LogP contribution is -2.56. The second-order valence-corrected chi connectivity index (χ2v) is 5.18. The van der Waals surface area contributed by atoms with Gasteiger partial charge in [-0.15, -0.1) is 0 Å². The van der Waals surface area contributed by atoms with E-state index in [-0.39, 0.29) is 24.4 Å². The molecule has 2 N–H and O–H groups in total. The summed E-state index contributed by atoms with van der Waals surface area (Å²) in [4.78, 5) is 24.1. The van der Waals surface area contributed by atoms with E-state index in [0.717, 1.165) is 12.8 Å². The predicted octanol–water partition coefficient (Wildman–Crippen LogP) is 1.93. The van der Waals surface area contributed by atoms with Gasteiger partial charge in [-0.05, 0) is 12.8 Å². The molecule has 18 heavy (non-hydrogen) atoms. The zero-order valence-electron chi connectivity index (χ0n) is 11.5. The molecular weight excluding hydrogens is 232 g/mol. The number of nitrogens with one attached hydrogen (secondary N) is 1. The molecule has 1 atom stereocenters. The number of likely N-dealkylation sites (tertiary alicyclic amines) is 1. The van der Waals surface area contributed by atoms with Crippen LogP contribution in [-0.4, -0.2) is 41.1 Å². The van der Waals surface area contributed by atoms with Crippen LogP contribution in [0.5, 0.6) is 0 Å². The second kappa shape index (κ2) is 6.61. The first-order valence-corrected chi connectivity index (χ1v) is 6.75. The molecule has 0 bridgehead atoms. The number of carbonyl (C=O) groups is 2. The maximum Gasteiger partial charge on any atom is 0.317 e. The Morgan fingerprint density at radius 1 is 1.33 bits per heavy atom. The first kappa shape index (κ1) is 14.8. The summed E-state index contributed by atoms with van der Waals surface area (Å²) in [5.74, 6) is -0.160. The first-order valence-electron chi connectivity index (χ1n) is 6.75. The maximum atomic E-state index is 11.9. The van der Waals surface area contributed by atoms with E-state index in [0.29, 0.717) is 19.0 Å². The molecule has 0 spiro atoms. The van der Waals surface area contributed by atoms with Crippen molar-refractivity contribution in [3.8, 4) is 0 Å². The maximum absolute atomic E-state index is 11.9. The van der Waals surface area contributed by atoms with Crippen LogP contribution in [0.25, 0.3) is 0 Å². The largest absolute Gasteiger partial charge is 0.481 e. The van der Waals surface area contributed by atoms with Crippen LogP contribution in [0.15, 0.2) is 0 Å². The van der Waals surface area contributed by atoms with Crippen molar-refractivity contribution in [2.75, 3.05) is 13.1 Å². The minimum absolute atomic E-state index is 0.0592. The summed E-state index contributed by atoms with van der Waals surface area (Å²) in [5, 5.41) is 11.6. The molecule has 1 saturated heterocycles. The van der Waals surface area contributed by atoms with Gasteiger partial charge in [0.25, 0.3) is 0 Å². The fourth-order valence-electron chi connectivity index (χ4n) is 2.51. The van der Waals surface area contributed by atoms with Crippen LogP contribution in [0.4, 0.5) is 4.79 Å².